The van der Waals surface area contributed by atoms with Crippen molar-refractivity contribution in [2.24, 2.45) is 5.73 Å². The van der Waals surface area contributed by atoms with E-state index in [4.69, 9.17) is 10.5 Å². The predicted octanol–water partition coefficient (Wildman–Crippen LogP) is 4.38. The first-order valence-corrected chi connectivity index (χ1v) is 8.26. The first-order valence-electron chi connectivity index (χ1n) is 8.26. The average Bonchev–Trinajstić information content (AvgIpc) is 2.68. The molecule has 3 rings (SSSR count). The maximum atomic E-state index is 9.20. The largest absolute Gasteiger partial charge is 0.489 e. The van der Waals surface area contributed by atoms with Crippen LogP contribution in [0.2, 0.25) is 0 Å². The van der Waals surface area contributed by atoms with Crippen molar-refractivity contribution in [3.05, 3.63) is 101 Å². The van der Waals surface area contributed by atoms with E-state index in [1.54, 1.807) is 6.07 Å². The zero-order chi connectivity index (χ0) is 17.5. The Balaban J connectivity index is 1.81. The van der Waals surface area contributed by atoms with Crippen molar-refractivity contribution in [2.75, 3.05) is 0 Å². The van der Waals surface area contributed by atoms with Gasteiger partial charge in [-0.3, -0.25) is 0 Å². The summed E-state index contributed by atoms with van der Waals surface area (Å²) in [5.74, 6) is 0.728. The van der Waals surface area contributed by atoms with Crippen LogP contribution in [0.15, 0.2) is 78.9 Å². The number of ether oxygens (including phenoxy) is 1. The molecule has 0 amide bonds. The number of nitriles is 1. The van der Waals surface area contributed by atoms with E-state index >= 15 is 0 Å². The summed E-state index contributed by atoms with van der Waals surface area (Å²) in [7, 11) is 0. The van der Waals surface area contributed by atoms with Crippen LogP contribution in [0.3, 0.4) is 0 Å². The second-order valence-electron chi connectivity index (χ2n) is 5.93. The Morgan fingerprint density at radius 3 is 2.16 bits per heavy atom. The number of nitrogens with zero attached hydrogens (tertiary/aromatic N) is 1. The van der Waals surface area contributed by atoms with E-state index in [-0.39, 0.29) is 6.04 Å². The van der Waals surface area contributed by atoms with Gasteiger partial charge >= 0.3 is 0 Å². The number of nitrogens with two attached hydrogens (primary N) is 1. The highest BCUT2D eigenvalue weighted by atomic mass is 16.5. The van der Waals surface area contributed by atoms with E-state index in [1.165, 1.54) is 0 Å². The summed E-state index contributed by atoms with van der Waals surface area (Å²) in [6.07, 6.45) is 0.692. The fourth-order valence-corrected chi connectivity index (χ4v) is 2.75. The molecule has 0 spiro atoms. The Hall–Kier alpha value is -3.09. The van der Waals surface area contributed by atoms with Crippen LogP contribution in [0.25, 0.3) is 0 Å². The van der Waals surface area contributed by atoms with E-state index in [2.05, 4.69) is 18.2 Å². The van der Waals surface area contributed by atoms with Gasteiger partial charge in [0.25, 0.3) is 0 Å². The van der Waals surface area contributed by atoms with Crippen molar-refractivity contribution in [3.8, 4) is 11.8 Å². The summed E-state index contributed by atoms with van der Waals surface area (Å²) in [4.78, 5) is 0. The molecule has 0 fully saturated rings. The highest BCUT2D eigenvalue weighted by Gasteiger charge is 2.14. The summed E-state index contributed by atoms with van der Waals surface area (Å²) in [6.45, 7) is 0.470. The third kappa shape index (κ3) is 4.47. The molecule has 0 radical (unpaired) electrons. The van der Waals surface area contributed by atoms with Gasteiger partial charge < -0.3 is 10.5 Å². The molecule has 0 aliphatic rings. The normalized spacial score (nSPS) is 11.5. The van der Waals surface area contributed by atoms with Gasteiger partial charge in [0.15, 0.2) is 0 Å². The highest BCUT2D eigenvalue weighted by Crippen LogP contribution is 2.28. The van der Waals surface area contributed by atoms with Gasteiger partial charge in [0.2, 0.25) is 0 Å². The summed E-state index contributed by atoms with van der Waals surface area (Å²) < 4.78 is 5.99. The minimum Gasteiger partial charge on any atom is -0.489 e. The summed E-state index contributed by atoms with van der Waals surface area (Å²) in [6, 6.07) is 27.5. The van der Waals surface area contributed by atoms with E-state index < -0.39 is 0 Å². The molecule has 0 bridgehead atoms. The number of benzene rings is 3. The lowest BCUT2D eigenvalue weighted by Crippen LogP contribution is -2.15. The molecule has 124 valence electrons. The zero-order valence-corrected chi connectivity index (χ0v) is 13.9. The number of hydrogen-bond donors (Lipinski definition) is 1. The van der Waals surface area contributed by atoms with E-state index in [0.29, 0.717) is 18.6 Å². The molecule has 3 aromatic carbocycles. The van der Waals surface area contributed by atoms with Crippen LogP contribution < -0.4 is 10.5 Å². The lowest BCUT2D eigenvalue weighted by Gasteiger charge is -2.18. The van der Waals surface area contributed by atoms with Crippen molar-refractivity contribution in [3.63, 3.8) is 0 Å². The van der Waals surface area contributed by atoms with Crippen LogP contribution in [-0.4, -0.2) is 0 Å². The lowest BCUT2D eigenvalue weighted by molar-refractivity contribution is 0.301. The number of rotatable bonds is 6. The Morgan fingerprint density at radius 2 is 1.52 bits per heavy atom. The van der Waals surface area contributed by atoms with Crippen LogP contribution in [0.5, 0.6) is 5.75 Å². The summed E-state index contributed by atoms with van der Waals surface area (Å²) >= 11 is 0. The van der Waals surface area contributed by atoms with Gasteiger partial charge in [-0.15, -0.1) is 0 Å². The fourth-order valence-electron chi connectivity index (χ4n) is 2.75. The zero-order valence-electron chi connectivity index (χ0n) is 13.9. The summed E-state index contributed by atoms with van der Waals surface area (Å²) in [5.41, 5.74) is 10.1. The predicted molar refractivity (Wildman–Crippen MR) is 99.0 cm³/mol. The SMILES string of the molecule is N#Cc1ccc(OCc2ccccc2)c(C(N)Cc2ccccc2)c1. The van der Waals surface area contributed by atoms with Crippen LogP contribution >= 0.6 is 0 Å². The van der Waals surface area contributed by atoms with E-state index in [0.717, 1.165) is 22.4 Å². The number of hydrogen-bond acceptors (Lipinski definition) is 3. The van der Waals surface area contributed by atoms with Crippen molar-refractivity contribution in [1.29, 1.82) is 5.26 Å². The molecule has 0 saturated carbocycles. The fraction of sp³-hybridized carbons (Fsp3) is 0.136. The Kier molecular flexibility index (Phi) is 5.46. The Bertz CT molecular complexity index is 854. The van der Waals surface area contributed by atoms with Gasteiger partial charge in [0.1, 0.15) is 12.4 Å². The Labute approximate surface area is 148 Å². The standard InChI is InChI=1S/C22H20N2O/c23-15-19-11-12-22(25-16-18-9-5-2-6-10-18)20(13-19)21(24)14-17-7-3-1-4-8-17/h1-13,21H,14,16,24H2. The molecule has 1 unspecified atom stereocenters. The van der Waals surface area contributed by atoms with Gasteiger partial charge in [-0.05, 0) is 35.7 Å². The molecule has 0 aliphatic carbocycles. The molecule has 0 aliphatic heterocycles. The molecule has 0 saturated heterocycles. The minimum absolute atomic E-state index is 0.235. The molecule has 3 nitrogen and oxygen atoms in total. The second-order valence-corrected chi connectivity index (χ2v) is 5.93. The summed E-state index contributed by atoms with van der Waals surface area (Å²) in [5, 5.41) is 9.20. The Morgan fingerprint density at radius 1 is 0.880 bits per heavy atom. The first kappa shape index (κ1) is 16.8. The maximum absolute atomic E-state index is 9.20. The van der Waals surface area contributed by atoms with Crippen molar-refractivity contribution in [2.45, 2.75) is 19.1 Å². The topological polar surface area (TPSA) is 59.0 Å². The van der Waals surface area contributed by atoms with Gasteiger partial charge in [-0.1, -0.05) is 60.7 Å². The molecule has 3 heteroatoms. The highest BCUT2D eigenvalue weighted by molar-refractivity contribution is 5.44. The van der Waals surface area contributed by atoms with Crippen LogP contribution in [0.4, 0.5) is 0 Å². The van der Waals surface area contributed by atoms with Crippen molar-refractivity contribution in [1.82, 2.24) is 0 Å². The molecular formula is C22H20N2O. The van der Waals surface area contributed by atoms with Gasteiger partial charge in [-0.25, -0.2) is 0 Å². The van der Waals surface area contributed by atoms with Crippen LogP contribution in [0.1, 0.15) is 28.3 Å². The molecule has 25 heavy (non-hydrogen) atoms. The molecule has 0 heterocycles. The molecule has 2 N–H and O–H groups in total. The molecule has 3 aromatic rings. The van der Waals surface area contributed by atoms with E-state index in [9.17, 15) is 5.26 Å². The van der Waals surface area contributed by atoms with E-state index in [1.807, 2.05) is 60.7 Å². The monoisotopic (exact) mass is 328 g/mol. The quantitative estimate of drug-likeness (QED) is 0.730. The molecule has 1 atom stereocenters. The third-order valence-corrected chi connectivity index (χ3v) is 4.07. The second kappa shape index (κ2) is 8.14. The third-order valence-electron chi connectivity index (χ3n) is 4.07. The molecular weight excluding hydrogens is 308 g/mol. The van der Waals surface area contributed by atoms with Gasteiger partial charge in [-0.2, -0.15) is 5.26 Å². The van der Waals surface area contributed by atoms with Crippen molar-refractivity contribution >= 4 is 0 Å². The average molecular weight is 328 g/mol. The van der Waals surface area contributed by atoms with Gasteiger partial charge in [0.05, 0.1) is 11.6 Å². The van der Waals surface area contributed by atoms with Crippen molar-refractivity contribution < 1.29 is 4.74 Å². The molecule has 0 aromatic heterocycles. The van der Waals surface area contributed by atoms with Crippen LogP contribution in [0, 0.1) is 11.3 Å². The maximum Gasteiger partial charge on any atom is 0.124 e. The first-order chi connectivity index (χ1) is 12.3. The van der Waals surface area contributed by atoms with Crippen LogP contribution in [-0.2, 0) is 13.0 Å². The lowest BCUT2D eigenvalue weighted by atomic mass is 9.97. The van der Waals surface area contributed by atoms with Gasteiger partial charge in [0, 0.05) is 11.6 Å². The smallest absolute Gasteiger partial charge is 0.124 e. The minimum atomic E-state index is -0.235.